The van der Waals surface area contributed by atoms with Crippen LogP contribution >= 0.6 is 0 Å². The highest BCUT2D eigenvalue weighted by atomic mass is 19.2. The van der Waals surface area contributed by atoms with Crippen molar-refractivity contribution >= 4 is 23.2 Å². The second kappa shape index (κ2) is 7.69. The van der Waals surface area contributed by atoms with Gasteiger partial charge in [-0.15, -0.1) is 0 Å². The lowest BCUT2D eigenvalue weighted by molar-refractivity contribution is 0.102. The standard InChI is InChI=1S/C19H12F3N3O2/c20-12-2-1-3-13(9-12)25-19(27)17-8-11(6-7-23-17)18(26)24-14-4-5-15(21)16(22)10-14/h1-10H,(H,24,26)(H,25,27). The van der Waals surface area contributed by atoms with Gasteiger partial charge in [0.05, 0.1) is 0 Å². The third-order valence-electron chi connectivity index (χ3n) is 3.51. The van der Waals surface area contributed by atoms with Crippen LogP contribution in [0.5, 0.6) is 0 Å². The van der Waals surface area contributed by atoms with Crippen LogP contribution in [0, 0.1) is 17.5 Å². The van der Waals surface area contributed by atoms with Gasteiger partial charge in [0.15, 0.2) is 11.6 Å². The fourth-order valence-corrected chi connectivity index (χ4v) is 2.23. The maximum Gasteiger partial charge on any atom is 0.274 e. The molecule has 0 atom stereocenters. The van der Waals surface area contributed by atoms with E-state index in [1.165, 1.54) is 42.6 Å². The van der Waals surface area contributed by atoms with Gasteiger partial charge in [0.25, 0.3) is 11.8 Å². The number of anilines is 2. The van der Waals surface area contributed by atoms with Gasteiger partial charge in [-0.05, 0) is 42.5 Å². The number of rotatable bonds is 4. The molecule has 0 aliphatic carbocycles. The maximum absolute atomic E-state index is 13.2. The van der Waals surface area contributed by atoms with Crippen LogP contribution in [0.4, 0.5) is 24.5 Å². The summed E-state index contributed by atoms with van der Waals surface area (Å²) in [6.45, 7) is 0. The van der Waals surface area contributed by atoms with Crippen LogP contribution in [0.1, 0.15) is 20.8 Å². The first-order valence-corrected chi connectivity index (χ1v) is 7.72. The van der Waals surface area contributed by atoms with Gasteiger partial charge in [-0.25, -0.2) is 13.2 Å². The molecule has 3 aromatic rings. The number of amides is 2. The number of nitrogens with zero attached hydrogens (tertiary/aromatic N) is 1. The highest BCUT2D eigenvalue weighted by Crippen LogP contribution is 2.15. The fraction of sp³-hybridized carbons (Fsp3) is 0. The summed E-state index contributed by atoms with van der Waals surface area (Å²) < 4.78 is 39.3. The second-order valence-corrected chi connectivity index (χ2v) is 5.48. The average molecular weight is 371 g/mol. The molecule has 2 aromatic carbocycles. The van der Waals surface area contributed by atoms with Gasteiger partial charge in [-0.1, -0.05) is 6.07 Å². The molecular weight excluding hydrogens is 359 g/mol. The molecule has 2 N–H and O–H groups in total. The zero-order valence-electron chi connectivity index (χ0n) is 13.7. The largest absolute Gasteiger partial charge is 0.322 e. The zero-order chi connectivity index (χ0) is 19.4. The molecule has 0 bridgehead atoms. The van der Waals surface area contributed by atoms with Crippen LogP contribution in [-0.4, -0.2) is 16.8 Å². The Labute approximate surface area is 151 Å². The van der Waals surface area contributed by atoms with Gasteiger partial charge in [0.1, 0.15) is 11.5 Å². The predicted molar refractivity (Wildman–Crippen MR) is 92.9 cm³/mol. The molecule has 5 nitrogen and oxygen atoms in total. The third kappa shape index (κ3) is 4.49. The molecular formula is C19H12F3N3O2. The minimum atomic E-state index is -1.10. The topological polar surface area (TPSA) is 71.1 Å². The highest BCUT2D eigenvalue weighted by molar-refractivity contribution is 6.07. The van der Waals surface area contributed by atoms with Crippen molar-refractivity contribution in [1.82, 2.24) is 4.98 Å². The number of nitrogens with one attached hydrogen (secondary N) is 2. The number of pyridine rings is 1. The van der Waals surface area contributed by atoms with E-state index in [2.05, 4.69) is 15.6 Å². The van der Waals surface area contributed by atoms with Crippen LogP contribution in [-0.2, 0) is 0 Å². The molecule has 0 fully saturated rings. The van der Waals surface area contributed by atoms with E-state index in [9.17, 15) is 22.8 Å². The van der Waals surface area contributed by atoms with Crippen molar-refractivity contribution in [2.45, 2.75) is 0 Å². The Hall–Kier alpha value is -3.68. The van der Waals surface area contributed by atoms with Crippen LogP contribution < -0.4 is 10.6 Å². The van der Waals surface area contributed by atoms with Crippen molar-refractivity contribution in [1.29, 1.82) is 0 Å². The third-order valence-corrected chi connectivity index (χ3v) is 3.51. The Balaban J connectivity index is 1.75. The summed E-state index contributed by atoms with van der Waals surface area (Å²) in [7, 11) is 0. The van der Waals surface area contributed by atoms with E-state index >= 15 is 0 Å². The average Bonchev–Trinajstić information content (AvgIpc) is 2.65. The minimum absolute atomic E-state index is 0.0569. The smallest absolute Gasteiger partial charge is 0.274 e. The molecule has 0 unspecified atom stereocenters. The first-order chi connectivity index (χ1) is 12.9. The first-order valence-electron chi connectivity index (χ1n) is 7.72. The van der Waals surface area contributed by atoms with Gasteiger partial charge >= 0.3 is 0 Å². The van der Waals surface area contributed by atoms with Gasteiger partial charge in [-0.2, -0.15) is 0 Å². The summed E-state index contributed by atoms with van der Waals surface area (Å²) in [6, 6.07) is 10.8. The summed E-state index contributed by atoms with van der Waals surface area (Å²) in [5.41, 5.74) is 0.302. The molecule has 1 heterocycles. The van der Waals surface area contributed by atoms with E-state index in [-0.39, 0.29) is 22.6 Å². The number of carbonyl (C=O) groups excluding carboxylic acids is 2. The lowest BCUT2D eigenvalue weighted by Crippen LogP contribution is -2.17. The zero-order valence-corrected chi connectivity index (χ0v) is 13.7. The van der Waals surface area contributed by atoms with Crippen molar-refractivity contribution in [2.24, 2.45) is 0 Å². The summed E-state index contributed by atoms with van der Waals surface area (Å²) in [5.74, 6) is -3.92. The van der Waals surface area contributed by atoms with Gasteiger partial charge in [0, 0.05) is 29.2 Å². The molecule has 2 amide bonds. The summed E-state index contributed by atoms with van der Waals surface area (Å²) >= 11 is 0. The van der Waals surface area contributed by atoms with Crippen LogP contribution in [0.2, 0.25) is 0 Å². The molecule has 8 heteroatoms. The first kappa shape index (κ1) is 18.1. The van der Waals surface area contributed by atoms with E-state index < -0.39 is 29.3 Å². The van der Waals surface area contributed by atoms with Crippen molar-refractivity contribution in [3.8, 4) is 0 Å². The lowest BCUT2D eigenvalue weighted by Gasteiger charge is -2.08. The Morgan fingerprint density at radius 3 is 2.26 bits per heavy atom. The Morgan fingerprint density at radius 1 is 0.778 bits per heavy atom. The van der Waals surface area contributed by atoms with E-state index in [4.69, 9.17) is 0 Å². The lowest BCUT2D eigenvalue weighted by atomic mass is 10.2. The summed E-state index contributed by atoms with van der Waals surface area (Å²) in [6.07, 6.45) is 1.25. The number of carbonyl (C=O) groups is 2. The molecule has 0 aliphatic heterocycles. The number of aromatic nitrogens is 1. The second-order valence-electron chi connectivity index (χ2n) is 5.48. The van der Waals surface area contributed by atoms with E-state index in [1.807, 2.05) is 0 Å². The molecule has 0 radical (unpaired) electrons. The summed E-state index contributed by atoms with van der Waals surface area (Å²) in [5, 5.41) is 4.86. The van der Waals surface area contributed by atoms with Gasteiger partial charge in [-0.3, -0.25) is 14.6 Å². The monoisotopic (exact) mass is 371 g/mol. The molecule has 0 saturated heterocycles. The van der Waals surface area contributed by atoms with Gasteiger partial charge < -0.3 is 10.6 Å². The molecule has 3 rings (SSSR count). The molecule has 136 valence electrons. The van der Waals surface area contributed by atoms with Crippen LogP contribution in [0.25, 0.3) is 0 Å². The number of hydrogen-bond acceptors (Lipinski definition) is 3. The van der Waals surface area contributed by atoms with Crippen molar-refractivity contribution < 1.29 is 22.8 Å². The molecule has 1 aromatic heterocycles. The molecule has 0 spiro atoms. The minimum Gasteiger partial charge on any atom is -0.322 e. The predicted octanol–water partition coefficient (Wildman–Crippen LogP) is 4.00. The quantitative estimate of drug-likeness (QED) is 0.728. The Bertz CT molecular complexity index is 1020. The Kier molecular flexibility index (Phi) is 5.16. The number of halogens is 3. The molecule has 27 heavy (non-hydrogen) atoms. The normalized spacial score (nSPS) is 10.3. The van der Waals surface area contributed by atoms with E-state index in [1.54, 1.807) is 0 Å². The van der Waals surface area contributed by atoms with Crippen molar-refractivity contribution in [2.75, 3.05) is 10.6 Å². The number of benzene rings is 2. The fourth-order valence-electron chi connectivity index (χ4n) is 2.23. The van der Waals surface area contributed by atoms with E-state index in [0.29, 0.717) is 0 Å². The van der Waals surface area contributed by atoms with Crippen molar-refractivity contribution in [3.63, 3.8) is 0 Å². The SMILES string of the molecule is O=C(Nc1ccc(F)c(F)c1)c1ccnc(C(=O)Nc2cccc(F)c2)c1. The maximum atomic E-state index is 13.2. The van der Waals surface area contributed by atoms with Crippen LogP contribution in [0.15, 0.2) is 60.8 Å². The van der Waals surface area contributed by atoms with Crippen LogP contribution in [0.3, 0.4) is 0 Å². The molecule has 0 saturated carbocycles. The highest BCUT2D eigenvalue weighted by Gasteiger charge is 2.13. The Morgan fingerprint density at radius 2 is 1.52 bits per heavy atom. The van der Waals surface area contributed by atoms with Crippen molar-refractivity contribution in [3.05, 3.63) is 89.5 Å². The van der Waals surface area contributed by atoms with Gasteiger partial charge in [0.2, 0.25) is 0 Å². The van der Waals surface area contributed by atoms with E-state index in [0.717, 1.165) is 18.2 Å². The molecule has 0 aliphatic rings. The number of hydrogen-bond donors (Lipinski definition) is 2. The summed E-state index contributed by atoms with van der Waals surface area (Å²) in [4.78, 5) is 28.4.